The summed E-state index contributed by atoms with van der Waals surface area (Å²) in [5.41, 5.74) is 8.32. The Morgan fingerprint density at radius 2 is 2.12 bits per heavy atom. The van der Waals surface area contributed by atoms with E-state index in [1.807, 2.05) is 6.92 Å². The number of halogens is 2. The van der Waals surface area contributed by atoms with Crippen molar-refractivity contribution in [1.29, 1.82) is 5.53 Å². The molecule has 0 aliphatic heterocycles. The van der Waals surface area contributed by atoms with Gasteiger partial charge in [0.1, 0.15) is 17.3 Å². The van der Waals surface area contributed by atoms with Crippen LogP contribution in [-0.4, -0.2) is 40.3 Å². The number of anilines is 1. The highest BCUT2D eigenvalue weighted by Gasteiger charge is 2.20. The molecule has 0 saturated carbocycles. The zero-order valence-electron chi connectivity index (χ0n) is 17.9. The lowest BCUT2D eigenvalue weighted by molar-refractivity contribution is 0.0948. The number of benzene rings is 1. The average molecular weight is 441 g/mol. The monoisotopic (exact) mass is 441 g/mol. The predicted octanol–water partition coefficient (Wildman–Crippen LogP) is 3.81. The number of pyridine rings is 1. The van der Waals surface area contributed by atoms with Crippen LogP contribution in [0.5, 0.6) is 0 Å². The minimum absolute atomic E-state index is 0.0340. The molecule has 0 bridgehead atoms. The number of aryl methyl sites for hydroxylation is 1. The van der Waals surface area contributed by atoms with Crippen LogP contribution in [0.15, 0.2) is 47.8 Å². The van der Waals surface area contributed by atoms with Crippen LogP contribution in [0.4, 0.5) is 14.6 Å². The molecule has 8 nitrogen and oxygen atoms in total. The number of carbonyl (C=O) groups is 1. The van der Waals surface area contributed by atoms with E-state index in [9.17, 15) is 13.6 Å². The van der Waals surface area contributed by atoms with E-state index in [1.54, 1.807) is 25.4 Å². The number of nitrogens with zero attached hydrogens (tertiary/aromatic N) is 4. The highest BCUT2D eigenvalue weighted by Crippen LogP contribution is 2.25. The van der Waals surface area contributed by atoms with E-state index < -0.39 is 11.7 Å². The molecule has 0 radical (unpaired) electrons. The summed E-state index contributed by atoms with van der Waals surface area (Å²) < 4.78 is 29.8. The summed E-state index contributed by atoms with van der Waals surface area (Å²) in [4.78, 5) is 17.1. The van der Waals surface area contributed by atoms with Gasteiger partial charge < -0.3 is 10.6 Å². The SMILES string of the molecule is C[C@@H](CN=N)CNC(=O)c1cc(F)c(-c2cnn(C)c2)nc1NCCc1cccc(F)c1. The van der Waals surface area contributed by atoms with Gasteiger partial charge >= 0.3 is 0 Å². The second-order valence-corrected chi connectivity index (χ2v) is 7.58. The largest absolute Gasteiger partial charge is 0.369 e. The number of nitrogens with one attached hydrogen (secondary N) is 3. The Hall–Kier alpha value is -3.69. The minimum atomic E-state index is -0.645. The van der Waals surface area contributed by atoms with E-state index >= 15 is 0 Å². The second-order valence-electron chi connectivity index (χ2n) is 7.58. The Bertz CT molecular complexity index is 1100. The molecule has 0 spiro atoms. The smallest absolute Gasteiger partial charge is 0.255 e. The van der Waals surface area contributed by atoms with E-state index in [2.05, 4.69) is 25.8 Å². The van der Waals surface area contributed by atoms with Gasteiger partial charge in [-0.1, -0.05) is 19.1 Å². The molecule has 2 aromatic heterocycles. The molecule has 2 heterocycles. The maximum Gasteiger partial charge on any atom is 0.255 e. The quantitative estimate of drug-likeness (QED) is 0.416. The zero-order valence-corrected chi connectivity index (χ0v) is 17.9. The third-order valence-corrected chi connectivity index (χ3v) is 4.81. The Kier molecular flexibility index (Phi) is 7.58. The molecule has 3 aromatic rings. The standard InChI is InChI=1S/C22H25F2N7O/c1-14(11-28-25)10-27-22(32)18-9-19(24)20(16-12-29-31(2)13-16)30-21(18)26-7-6-15-4-3-5-17(23)8-15/h3-5,8-9,12-14,25H,6-7,10-11H2,1-2H3,(H,26,30)(H,27,32)/t14-/m1/s1. The molecule has 0 aliphatic rings. The van der Waals surface area contributed by atoms with Gasteiger partial charge in [0.05, 0.1) is 18.3 Å². The fourth-order valence-electron chi connectivity index (χ4n) is 3.14. The van der Waals surface area contributed by atoms with Crippen LogP contribution in [0.25, 0.3) is 11.3 Å². The highest BCUT2D eigenvalue weighted by molar-refractivity contribution is 5.99. The van der Waals surface area contributed by atoms with Crippen LogP contribution in [0.2, 0.25) is 0 Å². The Labute approximate surface area is 184 Å². The van der Waals surface area contributed by atoms with E-state index in [-0.39, 0.29) is 41.9 Å². The van der Waals surface area contributed by atoms with Gasteiger partial charge in [-0.25, -0.2) is 19.3 Å². The number of hydrogen-bond donors (Lipinski definition) is 3. The molecule has 168 valence electrons. The summed E-state index contributed by atoms with van der Waals surface area (Å²) in [6, 6.07) is 7.39. The van der Waals surface area contributed by atoms with E-state index in [4.69, 9.17) is 5.53 Å². The number of carbonyl (C=O) groups excluding carboxylic acids is 1. The summed E-state index contributed by atoms with van der Waals surface area (Å²) in [5, 5.41) is 13.2. The topological polar surface area (TPSA) is 108 Å². The molecule has 10 heteroatoms. The Morgan fingerprint density at radius 1 is 1.31 bits per heavy atom. The van der Waals surface area contributed by atoms with E-state index in [0.717, 1.165) is 11.6 Å². The lowest BCUT2D eigenvalue weighted by atomic mass is 10.1. The molecule has 32 heavy (non-hydrogen) atoms. The van der Waals surface area contributed by atoms with Crippen molar-refractivity contribution in [2.45, 2.75) is 13.3 Å². The van der Waals surface area contributed by atoms with Crippen molar-refractivity contribution in [2.75, 3.05) is 25.0 Å². The molecule has 1 amide bonds. The van der Waals surface area contributed by atoms with Crippen molar-refractivity contribution in [3.8, 4) is 11.3 Å². The summed E-state index contributed by atoms with van der Waals surface area (Å²) in [5.74, 6) is -1.27. The Morgan fingerprint density at radius 3 is 2.81 bits per heavy atom. The lowest BCUT2D eigenvalue weighted by Gasteiger charge is -2.15. The van der Waals surface area contributed by atoms with Crippen LogP contribution in [0.3, 0.4) is 0 Å². The van der Waals surface area contributed by atoms with Crippen molar-refractivity contribution in [3.63, 3.8) is 0 Å². The summed E-state index contributed by atoms with van der Waals surface area (Å²) in [6.45, 7) is 2.78. The average Bonchev–Trinajstić information content (AvgIpc) is 3.19. The minimum Gasteiger partial charge on any atom is -0.369 e. The van der Waals surface area contributed by atoms with Crippen LogP contribution in [-0.2, 0) is 13.5 Å². The molecule has 3 rings (SSSR count). The third kappa shape index (κ3) is 5.93. The van der Waals surface area contributed by atoms with Gasteiger partial charge in [0.25, 0.3) is 5.91 Å². The molecular formula is C22H25F2N7O. The van der Waals surface area contributed by atoms with Crippen molar-refractivity contribution >= 4 is 11.7 Å². The molecule has 3 N–H and O–H groups in total. The summed E-state index contributed by atoms with van der Waals surface area (Å²) >= 11 is 0. The van der Waals surface area contributed by atoms with Crippen molar-refractivity contribution in [1.82, 2.24) is 20.1 Å². The van der Waals surface area contributed by atoms with Gasteiger partial charge in [0, 0.05) is 31.9 Å². The molecule has 0 saturated heterocycles. The predicted molar refractivity (Wildman–Crippen MR) is 117 cm³/mol. The lowest BCUT2D eigenvalue weighted by Crippen LogP contribution is -2.30. The second kappa shape index (κ2) is 10.6. The molecular weight excluding hydrogens is 416 g/mol. The first-order chi connectivity index (χ1) is 15.4. The van der Waals surface area contributed by atoms with Crippen LogP contribution in [0.1, 0.15) is 22.8 Å². The summed E-state index contributed by atoms with van der Waals surface area (Å²) in [7, 11) is 1.71. The fourth-order valence-corrected chi connectivity index (χ4v) is 3.14. The van der Waals surface area contributed by atoms with Gasteiger partial charge in [0.2, 0.25) is 0 Å². The van der Waals surface area contributed by atoms with E-state index in [1.165, 1.54) is 23.0 Å². The van der Waals surface area contributed by atoms with Crippen molar-refractivity contribution in [3.05, 3.63) is 65.5 Å². The van der Waals surface area contributed by atoms with Gasteiger partial charge in [-0.15, -0.1) is 0 Å². The van der Waals surface area contributed by atoms with Crippen molar-refractivity contribution in [2.24, 2.45) is 18.1 Å². The number of hydrogen-bond acceptors (Lipinski definition) is 6. The number of amides is 1. The zero-order chi connectivity index (χ0) is 23.1. The molecule has 1 atom stereocenters. The van der Waals surface area contributed by atoms with Gasteiger partial charge in [-0.3, -0.25) is 9.48 Å². The fraction of sp³-hybridized carbons (Fsp3) is 0.318. The molecule has 1 aromatic carbocycles. The molecule has 0 aliphatic carbocycles. The maximum absolute atomic E-state index is 14.8. The number of rotatable bonds is 10. The first-order valence-electron chi connectivity index (χ1n) is 10.2. The van der Waals surface area contributed by atoms with Crippen LogP contribution >= 0.6 is 0 Å². The van der Waals surface area contributed by atoms with Crippen LogP contribution < -0.4 is 10.6 Å². The first kappa shape index (κ1) is 23.0. The first-order valence-corrected chi connectivity index (χ1v) is 10.2. The van der Waals surface area contributed by atoms with Crippen molar-refractivity contribution < 1.29 is 13.6 Å². The summed E-state index contributed by atoms with van der Waals surface area (Å²) in [6.07, 6.45) is 3.61. The van der Waals surface area contributed by atoms with Gasteiger partial charge in [-0.2, -0.15) is 10.2 Å². The number of aromatic nitrogens is 3. The van der Waals surface area contributed by atoms with Crippen LogP contribution in [0, 0.1) is 23.1 Å². The molecule has 0 unspecified atom stereocenters. The highest BCUT2D eigenvalue weighted by atomic mass is 19.1. The molecule has 0 fully saturated rings. The van der Waals surface area contributed by atoms with Gasteiger partial charge in [-0.05, 0) is 36.1 Å². The third-order valence-electron chi connectivity index (χ3n) is 4.81. The maximum atomic E-state index is 14.8. The van der Waals surface area contributed by atoms with E-state index in [0.29, 0.717) is 18.5 Å². The Balaban J connectivity index is 1.84. The normalized spacial score (nSPS) is 11.8. The van der Waals surface area contributed by atoms with Gasteiger partial charge in [0.15, 0.2) is 5.82 Å².